The number of thiazole rings is 1. The van der Waals surface area contributed by atoms with Crippen molar-refractivity contribution in [1.29, 1.82) is 0 Å². The number of nitrogens with zero attached hydrogens (tertiary/aromatic N) is 2. The molecule has 4 nitrogen and oxygen atoms in total. The van der Waals surface area contributed by atoms with Crippen LogP contribution in [0.5, 0.6) is 0 Å². The van der Waals surface area contributed by atoms with Gasteiger partial charge in [0, 0.05) is 28.8 Å². The van der Waals surface area contributed by atoms with E-state index in [2.05, 4.69) is 15.3 Å². The van der Waals surface area contributed by atoms with Crippen LogP contribution in [0, 0.1) is 6.92 Å². The summed E-state index contributed by atoms with van der Waals surface area (Å²) in [4.78, 5) is 20.5. The van der Waals surface area contributed by atoms with E-state index in [0.717, 1.165) is 11.4 Å². The Hall–Kier alpha value is -1.75. The van der Waals surface area contributed by atoms with E-state index < -0.39 is 0 Å². The van der Waals surface area contributed by atoms with E-state index in [1.54, 1.807) is 18.3 Å². The summed E-state index contributed by atoms with van der Waals surface area (Å²) >= 11 is 1.49. The molecular formula is C13H13N3OS. The Bertz CT molecular complexity index is 589. The summed E-state index contributed by atoms with van der Waals surface area (Å²) < 4.78 is 0. The van der Waals surface area contributed by atoms with Crippen LogP contribution >= 0.6 is 11.3 Å². The van der Waals surface area contributed by atoms with E-state index in [9.17, 15) is 4.79 Å². The van der Waals surface area contributed by atoms with E-state index in [4.69, 9.17) is 0 Å². The monoisotopic (exact) mass is 259 g/mol. The summed E-state index contributed by atoms with van der Waals surface area (Å²) in [6, 6.07) is 3.47. The number of amides is 1. The van der Waals surface area contributed by atoms with Gasteiger partial charge in [-0.2, -0.15) is 0 Å². The van der Waals surface area contributed by atoms with E-state index in [1.807, 2.05) is 12.3 Å². The predicted octanol–water partition coefficient (Wildman–Crippen LogP) is 2.98. The minimum Gasteiger partial charge on any atom is -0.298 e. The molecule has 0 radical (unpaired) electrons. The van der Waals surface area contributed by atoms with Crippen LogP contribution < -0.4 is 5.32 Å². The lowest BCUT2D eigenvalue weighted by molar-refractivity contribution is 0.102. The molecule has 92 valence electrons. The number of hydrogen-bond donors (Lipinski definition) is 1. The molecule has 2 heterocycles. The summed E-state index contributed by atoms with van der Waals surface area (Å²) in [5, 5.41) is 5.54. The Labute approximate surface area is 109 Å². The third-order valence-electron chi connectivity index (χ3n) is 2.90. The van der Waals surface area contributed by atoms with Crippen LogP contribution in [-0.2, 0) is 0 Å². The number of rotatable bonds is 3. The highest BCUT2D eigenvalue weighted by molar-refractivity contribution is 7.14. The van der Waals surface area contributed by atoms with Crippen LogP contribution in [-0.4, -0.2) is 15.9 Å². The van der Waals surface area contributed by atoms with Crippen molar-refractivity contribution in [2.45, 2.75) is 25.7 Å². The minimum atomic E-state index is -0.128. The van der Waals surface area contributed by atoms with Crippen LogP contribution in [0.3, 0.4) is 0 Å². The Morgan fingerprint density at radius 3 is 3.06 bits per heavy atom. The maximum atomic E-state index is 12.0. The van der Waals surface area contributed by atoms with Gasteiger partial charge in [0.1, 0.15) is 0 Å². The first-order chi connectivity index (χ1) is 8.72. The van der Waals surface area contributed by atoms with Crippen molar-refractivity contribution in [3.63, 3.8) is 0 Å². The highest BCUT2D eigenvalue weighted by Gasteiger charge is 2.26. The fourth-order valence-corrected chi connectivity index (χ4v) is 2.55. The van der Waals surface area contributed by atoms with Crippen molar-refractivity contribution in [3.05, 3.63) is 40.7 Å². The number of nitrogens with one attached hydrogen (secondary N) is 1. The van der Waals surface area contributed by atoms with Gasteiger partial charge in [-0.15, -0.1) is 11.3 Å². The van der Waals surface area contributed by atoms with Gasteiger partial charge >= 0.3 is 0 Å². The Balaban J connectivity index is 1.73. The van der Waals surface area contributed by atoms with E-state index in [0.29, 0.717) is 16.6 Å². The molecule has 2 aromatic heterocycles. The average Bonchev–Trinajstić information content (AvgIpc) is 3.11. The Morgan fingerprint density at radius 1 is 1.50 bits per heavy atom. The molecule has 3 rings (SSSR count). The summed E-state index contributed by atoms with van der Waals surface area (Å²) in [5.41, 5.74) is 2.56. The molecule has 0 unspecified atom stereocenters. The zero-order valence-corrected chi connectivity index (χ0v) is 10.8. The predicted molar refractivity (Wildman–Crippen MR) is 71.0 cm³/mol. The van der Waals surface area contributed by atoms with Crippen molar-refractivity contribution in [3.8, 4) is 0 Å². The van der Waals surface area contributed by atoms with Gasteiger partial charge in [-0.3, -0.25) is 15.1 Å². The second-order valence-corrected chi connectivity index (χ2v) is 5.35. The van der Waals surface area contributed by atoms with Crippen molar-refractivity contribution in [2.75, 3.05) is 5.32 Å². The molecule has 1 saturated carbocycles. The van der Waals surface area contributed by atoms with Crippen molar-refractivity contribution in [1.82, 2.24) is 9.97 Å². The average molecular weight is 259 g/mol. The molecule has 1 fully saturated rings. The van der Waals surface area contributed by atoms with Crippen LogP contribution in [0.25, 0.3) is 0 Å². The topological polar surface area (TPSA) is 54.9 Å². The lowest BCUT2D eigenvalue weighted by atomic mass is 10.2. The molecule has 0 aromatic carbocycles. The molecule has 0 saturated heterocycles. The molecular weight excluding hydrogens is 246 g/mol. The number of anilines is 1. The molecule has 1 amide bonds. The molecule has 2 aromatic rings. The standard InChI is InChI=1S/C13H13N3OS/c1-8-6-10(4-5-14-8)12(17)16-13-15-11(7-18-13)9-2-3-9/h4-7,9H,2-3H2,1H3,(H,15,16,17). The van der Waals surface area contributed by atoms with Gasteiger partial charge in [0.05, 0.1) is 5.69 Å². The van der Waals surface area contributed by atoms with Crippen LogP contribution in [0.1, 0.15) is 40.5 Å². The molecule has 1 aliphatic rings. The second kappa shape index (κ2) is 4.49. The quantitative estimate of drug-likeness (QED) is 0.922. The van der Waals surface area contributed by atoms with Crippen molar-refractivity contribution >= 4 is 22.4 Å². The van der Waals surface area contributed by atoms with Crippen LogP contribution in [0.15, 0.2) is 23.7 Å². The second-order valence-electron chi connectivity index (χ2n) is 4.49. The molecule has 0 aliphatic heterocycles. The van der Waals surface area contributed by atoms with E-state index >= 15 is 0 Å². The molecule has 0 atom stereocenters. The molecule has 1 aliphatic carbocycles. The maximum Gasteiger partial charge on any atom is 0.257 e. The third-order valence-corrected chi connectivity index (χ3v) is 3.67. The number of aryl methyl sites for hydroxylation is 1. The largest absolute Gasteiger partial charge is 0.298 e. The Morgan fingerprint density at radius 2 is 2.33 bits per heavy atom. The first-order valence-electron chi connectivity index (χ1n) is 5.92. The van der Waals surface area contributed by atoms with E-state index in [-0.39, 0.29) is 5.91 Å². The number of aromatic nitrogens is 2. The number of pyridine rings is 1. The smallest absolute Gasteiger partial charge is 0.257 e. The highest BCUT2D eigenvalue weighted by atomic mass is 32.1. The molecule has 1 N–H and O–H groups in total. The van der Waals surface area contributed by atoms with E-state index in [1.165, 1.54) is 24.2 Å². The number of hydrogen-bond acceptors (Lipinski definition) is 4. The SMILES string of the molecule is Cc1cc(C(=O)Nc2nc(C3CC3)cs2)ccn1. The van der Waals surface area contributed by atoms with Gasteiger partial charge in [-0.05, 0) is 31.9 Å². The molecule has 0 bridgehead atoms. The zero-order valence-electron chi connectivity index (χ0n) is 10.0. The van der Waals surface area contributed by atoms with Crippen LogP contribution in [0.4, 0.5) is 5.13 Å². The third kappa shape index (κ3) is 2.41. The lowest BCUT2D eigenvalue weighted by Crippen LogP contribution is -2.12. The number of carbonyl (C=O) groups is 1. The minimum absolute atomic E-state index is 0.128. The van der Waals surface area contributed by atoms with Gasteiger partial charge < -0.3 is 0 Å². The summed E-state index contributed by atoms with van der Waals surface area (Å²) in [5.74, 6) is 0.493. The van der Waals surface area contributed by atoms with Gasteiger partial charge in [0.2, 0.25) is 0 Å². The van der Waals surface area contributed by atoms with Crippen LogP contribution in [0.2, 0.25) is 0 Å². The van der Waals surface area contributed by atoms with Gasteiger partial charge in [0.25, 0.3) is 5.91 Å². The fraction of sp³-hybridized carbons (Fsp3) is 0.308. The van der Waals surface area contributed by atoms with Gasteiger partial charge in [0.15, 0.2) is 5.13 Å². The van der Waals surface area contributed by atoms with Crippen molar-refractivity contribution < 1.29 is 4.79 Å². The maximum absolute atomic E-state index is 12.0. The summed E-state index contributed by atoms with van der Waals surface area (Å²) in [7, 11) is 0. The summed E-state index contributed by atoms with van der Waals surface area (Å²) in [6.45, 7) is 1.87. The molecule has 5 heteroatoms. The molecule has 18 heavy (non-hydrogen) atoms. The zero-order chi connectivity index (χ0) is 12.5. The Kier molecular flexibility index (Phi) is 2.83. The number of carbonyl (C=O) groups excluding carboxylic acids is 1. The lowest BCUT2D eigenvalue weighted by Gasteiger charge is -2.01. The highest BCUT2D eigenvalue weighted by Crippen LogP contribution is 2.40. The molecule has 0 spiro atoms. The fourth-order valence-electron chi connectivity index (χ4n) is 1.77. The van der Waals surface area contributed by atoms with Crippen molar-refractivity contribution in [2.24, 2.45) is 0 Å². The normalized spacial score (nSPS) is 14.5. The first-order valence-corrected chi connectivity index (χ1v) is 6.80. The summed E-state index contributed by atoms with van der Waals surface area (Å²) in [6.07, 6.45) is 4.09. The van der Waals surface area contributed by atoms with Gasteiger partial charge in [-0.1, -0.05) is 0 Å². The first kappa shape index (κ1) is 11.3. The van der Waals surface area contributed by atoms with Gasteiger partial charge in [-0.25, -0.2) is 4.98 Å².